The standard InChI is InChI=1S/C14H18N2OS/c15-13(18)8-9-16(12-4-2-1-3-5-12)14(17)10-11-6-7-11/h1-5,11H,6-10H2,(H2,15,18). The smallest absolute Gasteiger partial charge is 0.227 e. The van der Waals surface area contributed by atoms with E-state index in [9.17, 15) is 4.79 Å². The minimum absolute atomic E-state index is 0.181. The molecule has 96 valence electrons. The van der Waals surface area contributed by atoms with Gasteiger partial charge in [0.2, 0.25) is 5.91 Å². The van der Waals surface area contributed by atoms with Crippen molar-refractivity contribution in [3.05, 3.63) is 30.3 Å². The summed E-state index contributed by atoms with van der Waals surface area (Å²) in [6.45, 7) is 0.574. The van der Waals surface area contributed by atoms with E-state index in [2.05, 4.69) is 0 Å². The fourth-order valence-corrected chi connectivity index (χ4v) is 2.00. The lowest BCUT2D eigenvalue weighted by molar-refractivity contribution is -0.118. The van der Waals surface area contributed by atoms with Crippen molar-refractivity contribution in [2.45, 2.75) is 25.7 Å². The van der Waals surface area contributed by atoms with Crippen LogP contribution in [0.1, 0.15) is 25.7 Å². The first-order chi connectivity index (χ1) is 8.66. The van der Waals surface area contributed by atoms with Crippen LogP contribution in [0.15, 0.2) is 30.3 Å². The van der Waals surface area contributed by atoms with Gasteiger partial charge in [0.25, 0.3) is 0 Å². The van der Waals surface area contributed by atoms with Crippen molar-refractivity contribution in [2.75, 3.05) is 11.4 Å². The lowest BCUT2D eigenvalue weighted by Crippen LogP contribution is -2.33. The maximum atomic E-state index is 12.2. The highest BCUT2D eigenvalue weighted by Crippen LogP contribution is 2.33. The first kappa shape index (κ1) is 13.0. The predicted octanol–water partition coefficient (Wildman–Crippen LogP) is 2.50. The fourth-order valence-electron chi connectivity index (χ4n) is 1.91. The maximum absolute atomic E-state index is 12.2. The van der Waals surface area contributed by atoms with Crippen molar-refractivity contribution < 1.29 is 4.79 Å². The molecule has 2 N–H and O–H groups in total. The second-order valence-electron chi connectivity index (χ2n) is 4.74. The van der Waals surface area contributed by atoms with Gasteiger partial charge in [0.1, 0.15) is 0 Å². The zero-order valence-corrected chi connectivity index (χ0v) is 11.2. The summed E-state index contributed by atoms with van der Waals surface area (Å²) in [4.78, 5) is 14.5. The van der Waals surface area contributed by atoms with Crippen molar-refractivity contribution in [1.82, 2.24) is 0 Å². The highest BCUT2D eigenvalue weighted by molar-refractivity contribution is 7.80. The van der Waals surface area contributed by atoms with Crippen LogP contribution < -0.4 is 10.6 Å². The van der Waals surface area contributed by atoms with Gasteiger partial charge in [-0.05, 0) is 30.9 Å². The molecule has 3 nitrogen and oxygen atoms in total. The van der Waals surface area contributed by atoms with Crippen LogP contribution in [0.2, 0.25) is 0 Å². The van der Waals surface area contributed by atoms with Gasteiger partial charge < -0.3 is 10.6 Å². The van der Waals surface area contributed by atoms with Gasteiger partial charge in [0.15, 0.2) is 0 Å². The Labute approximate surface area is 113 Å². The molecule has 4 heteroatoms. The zero-order chi connectivity index (χ0) is 13.0. The van der Waals surface area contributed by atoms with Gasteiger partial charge in [-0.25, -0.2) is 0 Å². The number of carbonyl (C=O) groups is 1. The van der Waals surface area contributed by atoms with Crippen molar-refractivity contribution in [3.63, 3.8) is 0 Å². The molecule has 1 saturated carbocycles. The van der Waals surface area contributed by atoms with E-state index in [1.54, 1.807) is 4.90 Å². The average Bonchev–Trinajstić information content (AvgIpc) is 3.14. The molecule has 0 unspecified atom stereocenters. The molecular formula is C14H18N2OS. The highest BCUT2D eigenvalue weighted by Gasteiger charge is 2.27. The average molecular weight is 262 g/mol. The normalized spacial score (nSPS) is 14.2. The Morgan fingerprint density at radius 1 is 1.33 bits per heavy atom. The van der Waals surface area contributed by atoms with E-state index in [0.717, 1.165) is 5.69 Å². The van der Waals surface area contributed by atoms with E-state index in [-0.39, 0.29) is 5.91 Å². The Morgan fingerprint density at radius 2 is 2.00 bits per heavy atom. The molecular weight excluding hydrogens is 244 g/mol. The van der Waals surface area contributed by atoms with Crippen LogP contribution in [-0.4, -0.2) is 17.4 Å². The number of anilines is 1. The van der Waals surface area contributed by atoms with Gasteiger partial charge >= 0.3 is 0 Å². The number of nitrogens with two attached hydrogens (primary N) is 1. The third-order valence-corrected chi connectivity index (χ3v) is 3.32. The number of rotatable bonds is 6. The third kappa shape index (κ3) is 3.81. The molecule has 2 rings (SSSR count). The fraction of sp³-hybridized carbons (Fsp3) is 0.429. The molecule has 0 heterocycles. The number of benzene rings is 1. The molecule has 1 aromatic rings. The Kier molecular flexibility index (Phi) is 4.31. The molecule has 1 fully saturated rings. The van der Waals surface area contributed by atoms with Crippen LogP contribution in [0, 0.1) is 5.92 Å². The van der Waals surface area contributed by atoms with Crippen molar-refractivity contribution in [1.29, 1.82) is 0 Å². The number of para-hydroxylation sites is 1. The van der Waals surface area contributed by atoms with Crippen molar-refractivity contribution in [2.24, 2.45) is 11.7 Å². The summed E-state index contributed by atoms with van der Waals surface area (Å²) in [7, 11) is 0. The number of thiocarbonyl (C=S) groups is 1. The van der Waals surface area contributed by atoms with E-state index < -0.39 is 0 Å². The minimum atomic E-state index is 0.181. The van der Waals surface area contributed by atoms with Gasteiger partial charge in [-0.15, -0.1) is 0 Å². The van der Waals surface area contributed by atoms with E-state index in [0.29, 0.717) is 30.3 Å². The molecule has 1 aliphatic rings. The van der Waals surface area contributed by atoms with Gasteiger partial charge in [-0.1, -0.05) is 30.4 Å². The van der Waals surface area contributed by atoms with Crippen LogP contribution in [0.3, 0.4) is 0 Å². The number of carbonyl (C=O) groups excluding carboxylic acids is 1. The Bertz CT molecular complexity index is 429. The molecule has 0 atom stereocenters. The van der Waals surface area contributed by atoms with E-state index in [1.165, 1.54) is 12.8 Å². The first-order valence-electron chi connectivity index (χ1n) is 6.30. The van der Waals surface area contributed by atoms with E-state index >= 15 is 0 Å². The topological polar surface area (TPSA) is 46.3 Å². The Balaban J connectivity index is 2.05. The molecule has 0 aromatic heterocycles. The van der Waals surface area contributed by atoms with Crippen molar-refractivity contribution in [3.8, 4) is 0 Å². The van der Waals surface area contributed by atoms with Crippen LogP contribution in [0.4, 0.5) is 5.69 Å². The summed E-state index contributed by atoms with van der Waals surface area (Å²) in [5, 5.41) is 0. The van der Waals surface area contributed by atoms with Crippen LogP contribution in [0.25, 0.3) is 0 Å². The Hall–Kier alpha value is -1.42. The molecule has 1 amide bonds. The molecule has 0 radical (unpaired) electrons. The Morgan fingerprint density at radius 3 is 2.56 bits per heavy atom. The molecule has 0 aliphatic heterocycles. The second kappa shape index (κ2) is 5.96. The van der Waals surface area contributed by atoms with Gasteiger partial charge in [0.05, 0.1) is 4.99 Å². The van der Waals surface area contributed by atoms with Crippen molar-refractivity contribution >= 4 is 28.8 Å². The molecule has 1 aromatic carbocycles. The van der Waals surface area contributed by atoms with E-state index in [4.69, 9.17) is 18.0 Å². The van der Waals surface area contributed by atoms with Crippen LogP contribution in [0.5, 0.6) is 0 Å². The molecule has 0 saturated heterocycles. The molecule has 18 heavy (non-hydrogen) atoms. The second-order valence-corrected chi connectivity index (χ2v) is 5.27. The van der Waals surface area contributed by atoms with Crippen LogP contribution >= 0.6 is 12.2 Å². The third-order valence-electron chi connectivity index (χ3n) is 3.11. The maximum Gasteiger partial charge on any atom is 0.227 e. The summed E-state index contributed by atoms with van der Waals surface area (Å²) in [6.07, 6.45) is 3.58. The van der Waals surface area contributed by atoms with Gasteiger partial charge in [-0.3, -0.25) is 4.79 Å². The minimum Gasteiger partial charge on any atom is -0.393 e. The largest absolute Gasteiger partial charge is 0.393 e. The van der Waals surface area contributed by atoms with Gasteiger partial charge in [-0.2, -0.15) is 0 Å². The number of hydrogen-bond acceptors (Lipinski definition) is 2. The molecule has 0 bridgehead atoms. The quantitative estimate of drug-likeness (QED) is 0.801. The summed E-state index contributed by atoms with van der Waals surface area (Å²) in [6, 6.07) is 9.72. The number of hydrogen-bond donors (Lipinski definition) is 1. The molecule has 1 aliphatic carbocycles. The summed E-state index contributed by atoms with van der Waals surface area (Å²) < 4.78 is 0. The highest BCUT2D eigenvalue weighted by atomic mass is 32.1. The number of nitrogens with zero attached hydrogens (tertiary/aromatic N) is 1. The zero-order valence-electron chi connectivity index (χ0n) is 10.3. The monoisotopic (exact) mass is 262 g/mol. The number of amides is 1. The lowest BCUT2D eigenvalue weighted by atomic mass is 10.2. The predicted molar refractivity (Wildman–Crippen MR) is 77.5 cm³/mol. The lowest BCUT2D eigenvalue weighted by Gasteiger charge is -2.22. The van der Waals surface area contributed by atoms with Gasteiger partial charge in [0, 0.05) is 25.1 Å². The van der Waals surface area contributed by atoms with E-state index in [1.807, 2.05) is 30.3 Å². The first-order valence-corrected chi connectivity index (χ1v) is 6.71. The van der Waals surface area contributed by atoms with Crippen LogP contribution in [-0.2, 0) is 4.79 Å². The SMILES string of the molecule is NC(=S)CCN(C(=O)CC1CC1)c1ccccc1. The summed E-state index contributed by atoms with van der Waals surface area (Å²) >= 11 is 4.89. The summed E-state index contributed by atoms with van der Waals surface area (Å²) in [5.41, 5.74) is 6.46. The summed E-state index contributed by atoms with van der Waals surface area (Å²) in [5.74, 6) is 0.772. The molecule has 0 spiro atoms.